The second-order valence-electron chi connectivity index (χ2n) is 6.77. The van der Waals surface area contributed by atoms with Crippen molar-refractivity contribution >= 4 is 17.6 Å². The Labute approximate surface area is 170 Å². The summed E-state index contributed by atoms with van der Waals surface area (Å²) in [6, 6.07) is 14.9. The summed E-state index contributed by atoms with van der Waals surface area (Å²) in [5, 5.41) is 13.6. The van der Waals surface area contributed by atoms with E-state index in [1.165, 1.54) is 24.3 Å². The molecule has 7 heteroatoms. The SMILES string of the molecule is CCCC[C@@H](CCC(=O)NCc1ccccc1)OC(=O)c1ccc([N+](=O)[O-])cc1. The standard InChI is InChI=1S/C22H26N2O5/c1-2-3-9-20(14-15-21(25)23-16-17-7-5-4-6-8-17)29-22(26)18-10-12-19(13-11-18)24(27)28/h4-8,10-13,20H,2-3,9,14-16H2,1H3,(H,23,25)/t20-/m0/s1. The van der Waals surface area contributed by atoms with Crippen molar-refractivity contribution in [3.05, 3.63) is 75.8 Å². The summed E-state index contributed by atoms with van der Waals surface area (Å²) in [7, 11) is 0. The average molecular weight is 398 g/mol. The third-order valence-corrected chi connectivity index (χ3v) is 4.49. The number of carbonyl (C=O) groups excluding carboxylic acids is 2. The van der Waals surface area contributed by atoms with Gasteiger partial charge in [0, 0.05) is 25.1 Å². The average Bonchev–Trinajstić information content (AvgIpc) is 2.74. The lowest BCUT2D eigenvalue weighted by Gasteiger charge is -2.18. The van der Waals surface area contributed by atoms with Crippen molar-refractivity contribution < 1.29 is 19.2 Å². The minimum absolute atomic E-state index is 0.0841. The predicted octanol–water partition coefficient (Wildman–Crippen LogP) is 4.41. The Balaban J connectivity index is 1.86. The van der Waals surface area contributed by atoms with Crippen molar-refractivity contribution in [2.24, 2.45) is 0 Å². The number of hydrogen-bond donors (Lipinski definition) is 1. The van der Waals surface area contributed by atoms with E-state index in [4.69, 9.17) is 4.74 Å². The molecule has 1 amide bonds. The first-order chi connectivity index (χ1) is 14.0. The summed E-state index contributed by atoms with van der Waals surface area (Å²) in [4.78, 5) is 34.7. The largest absolute Gasteiger partial charge is 0.459 e. The van der Waals surface area contributed by atoms with Crippen molar-refractivity contribution in [2.75, 3.05) is 0 Å². The van der Waals surface area contributed by atoms with Crippen LogP contribution in [0, 0.1) is 10.1 Å². The van der Waals surface area contributed by atoms with Gasteiger partial charge in [-0.15, -0.1) is 0 Å². The van der Waals surface area contributed by atoms with Gasteiger partial charge in [-0.3, -0.25) is 14.9 Å². The number of nitro benzene ring substituents is 1. The molecule has 0 heterocycles. The number of hydrogen-bond acceptors (Lipinski definition) is 5. The highest BCUT2D eigenvalue weighted by atomic mass is 16.6. The van der Waals surface area contributed by atoms with Gasteiger partial charge in [-0.25, -0.2) is 4.79 Å². The van der Waals surface area contributed by atoms with Crippen LogP contribution in [0.5, 0.6) is 0 Å². The summed E-state index contributed by atoms with van der Waals surface area (Å²) >= 11 is 0. The molecule has 2 aromatic carbocycles. The molecule has 2 aromatic rings. The van der Waals surface area contributed by atoms with Crippen LogP contribution in [0.3, 0.4) is 0 Å². The molecule has 154 valence electrons. The third-order valence-electron chi connectivity index (χ3n) is 4.49. The zero-order valence-electron chi connectivity index (χ0n) is 16.5. The highest BCUT2D eigenvalue weighted by molar-refractivity contribution is 5.89. The number of ether oxygens (including phenoxy) is 1. The van der Waals surface area contributed by atoms with E-state index in [-0.39, 0.29) is 29.7 Å². The van der Waals surface area contributed by atoms with E-state index >= 15 is 0 Å². The Hall–Kier alpha value is -3.22. The molecule has 0 saturated carbocycles. The zero-order chi connectivity index (χ0) is 21.1. The van der Waals surface area contributed by atoms with Gasteiger partial charge in [0.15, 0.2) is 0 Å². The predicted molar refractivity (Wildman–Crippen MR) is 109 cm³/mol. The number of unbranched alkanes of at least 4 members (excludes halogenated alkanes) is 1. The molecule has 0 saturated heterocycles. The normalized spacial score (nSPS) is 11.5. The van der Waals surface area contributed by atoms with Gasteiger partial charge in [0.05, 0.1) is 10.5 Å². The smallest absolute Gasteiger partial charge is 0.338 e. The molecule has 0 radical (unpaired) electrons. The second-order valence-corrected chi connectivity index (χ2v) is 6.77. The van der Waals surface area contributed by atoms with Crippen LogP contribution in [0.15, 0.2) is 54.6 Å². The fraction of sp³-hybridized carbons (Fsp3) is 0.364. The van der Waals surface area contributed by atoms with E-state index in [0.717, 1.165) is 18.4 Å². The highest BCUT2D eigenvalue weighted by Gasteiger charge is 2.18. The number of carbonyl (C=O) groups is 2. The number of nitrogens with one attached hydrogen (secondary N) is 1. The van der Waals surface area contributed by atoms with Crippen molar-refractivity contribution in [1.29, 1.82) is 0 Å². The molecule has 29 heavy (non-hydrogen) atoms. The number of esters is 1. The third kappa shape index (κ3) is 7.73. The van der Waals surface area contributed by atoms with Crippen LogP contribution in [0.2, 0.25) is 0 Å². The van der Waals surface area contributed by atoms with Crippen LogP contribution in [-0.2, 0) is 16.1 Å². The first-order valence-corrected chi connectivity index (χ1v) is 9.75. The van der Waals surface area contributed by atoms with Gasteiger partial charge in [0.1, 0.15) is 6.10 Å². The van der Waals surface area contributed by atoms with Crippen molar-refractivity contribution in [3.63, 3.8) is 0 Å². The van der Waals surface area contributed by atoms with E-state index < -0.39 is 10.9 Å². The maximum atomic E-state index is 12.4. The van der Waals surface area contributed by atoms with E-state index in [2.05, 4.69) is 5.32 Å². The van der Waals surface area contributed by atoms with Crippen LogP contribution in [-0.4, -0.2) is 22.9 Å². The first kappa shape index (κ1) is 22.1. The van der Waals surface area contributed by atoms with Crippen LogP contribution in [0.25, 0.3) is 0 Å². The summed E-state index contributed by atoms with van der Waals surface area (Å²) in [6.07, 6.45) is 2.81. The summed E-state index contributed by atoms with van der Waals surface area (Å²) < 4.78 is 5.56. The molecule has 0 aromatic heterocycles. The molecule has 0 fully saturated rings. The molecular formula is C22H26N2O5. The Morgan fingerprint density at radius 1 is 1.07 bits per heavy atom. The van der Waals surface area contributed by atoms with E-state index in [1.54, 1.807) is 0 Å². The van der Waals surface area contributed by atoms with Gasteiger partial charge in [-0.1, -0.05) is 50.1 Å². The lowest BCUT2D eigenvalue weighted by atomic mass is 10.1. The maximum Gasteiger partial charge on any atom is 0.338 e. The molecule has 2 rings (SSSR count). The Morgan fingerprint density at radius 3 is 2.38 bits per heavy atom. The lowest BCUT2D eigenvalue weighted by Crippen LogP contribution is -2.25. The Bertz CT molecular complexity index is 806. The van der Waals surface area contributed by atoms with Crippen LogP contribution >= 0.6 is 0 Å². The molecule has 0 unspecified atom stereocenters. The van der Waals surface area contributed by atoms with E-state index in [0.29, 0.717) is 19.4 Å². The number of nitro groups is 1. The van der Waals surface area contributed by atoms with Crippen LogP contribution in [0.4, 0.5) is 5.69 Å². The number of rotatable bonds is 11. The van der Waals surface area contributed by atoms with E-state index in [1.807, 2.05) is 37.3 Å². The Kier molecular flexibility index (Phi) is 8.82. The molecule has 1 atom stereocenters. The molecule has 0 aliphatic heterocycles. The second kappa shape index (κ2) is 11.6. The summed E-state index contributed by atoms with van der Waals surface area (Å²) in [5.74, 6) is -0.632. The van der Waals surface area contributed by atoms with Gasteiger partial charge < -0.3 is 10.1 Å². The number of benzene rings is 2. The first-order valence-electron chi connectivity index (χ1n) is 9.75. The minimum atomic E-state index is -0.536. The topological polar surface area (TPSA) is 98.5 Å². The minimum Gasteiger partial charge on any atom is -0.459 e. The van der Waals surface area contributed by atoms with Crippen molar-refractivity contribution in [2.45, 2.75) is 51.7 Å². The maximum absolute atomic E-state index is 12.4. The van der Waals surface area contributed by atoms with Gasteiger partial charge in [-0.05, 0) is 30.5 Å². The van der Waals surface area contributed by atoms with Gasteiger partial charge >= 0.3 is 5.97 Å². The number of amides is 1. The van der Waals surface area contributed by atoms with Crippen LogP contribution < -0.4 is 5.32 Å². The van der Waals surface area contributed by atoms with Gasteiger partial charge in [0.2, 0.25) is 5.91 Å². The van der Waals surface area contributed by atoms with Crippen molar-refractivity contribution in [3.8, 4) is 0 Å². The number of nitrogens with zero attached hydrogens (tertiary/aromatic N) is 1. The molecule has 0 bridgehead atoms. The molecular weight excluding hydrogens is 372 g/mol. The molecule has 0 aliphatic carbocycles. The van der Waals surface area contributed by atoms with Crippen LogP contribution in [0.1, 0.15) is 54.9 Å². The summed E-state index contributed by atoms with van der Waals surface area (Å²) in [5.41, 5.74) is 1.19. The van der Waals surface area contributed by atoms with Gasteiger partial charge in [0.25, 0.3) is 5.69 Å². The fourth-order valence-corrected chi connectivity index (χ4v) is 2.81. The summed E-state index contributed by atoms with van der Waals surface area (Å²) in [6.45, 7) is 2.50. The zero-order valence-corrected chi connectivity index (χ0v) is 16.5. The lowest BCUT2D eigenvalue weighted by molar-refractivity contribution is -0.384. The van der Waals surface area contributed by atoms with Gasteiger partial charge in [-0.2, -0.15) is 0 Å². The molecule has 0 aliphatic rings. The Morgan fingerprint density at radius 2 is 1.76 bits per heavy atom. The van der Waals surface area contributed by atoms with Crippen molar-refractivity contribution in [1.82, 2.24) is 5.32 Å². The highest BCUT2D eigenvalue weighted by Crippen LogP contribution is 2.17. The fourth-order valence-electron chi connectivity index (χ4n) is 2.81. The van der Waals surface area contributed by atoms with E-state index in [9.17, 15) is 19.7 Å². The molecule has 0 spiro atoms. The molecule has 1 N–H and O–H groups in total. The molecule has 7 nitrogen and oxygen atoms in total. The quantitative estimate of drug-likeness (QED) is 0.343. The number of non-ortho nitro benzene ring substituents is 1. The monoisotopic (exact) mass is 398 g/mol.